The van der Waals surface area contributed by atoms with Crippen LogP contribution in [0.1, 0.15) is 31.9 Å². The molecule has 0 amide bonds. The van der Waals surface area contributed by atoms with Crippen molar-refractivity contribution < 1.29 is 9.47 Å². The van der Waals surface area contributed by atoms with Gasteiger partial charge in [-0.3, -0.25) is 9.88 Å². The lowest BCUT2D eigenvalue weighted by Gasteiger charge is -2.35. The molecule has 2 unspecified atom stereocenters. The minimum atomic E-state index is -0.164. The zero-order chi connectivity index (χ0) is 14.4. The molecule has 0 aliphatic carbocycles. The molecule has 2 atom stereocenters. The Morgan fingerprint density at radius 2 is 2.35 bits per heavy atom. The molecule has 1 aromatic rings. The minimum absolute atomic E-state index is 0.0222. The number of nitrogens with two attached hydrogens (primary N) is 1. The summed E-state index contributed by atoms with van der Waals surface area (Å²) in [6.45, 7) is 8.51. The summed E-state index contributed by atoms with van der Waals surface area (Å²) >= 11 is 0. The Balaban J connectivity index is 2.02. The van der Waals surface area contributed by atoms with Gasteiger partial charge in [-0.1, -0.05) is 6.92 Å². The van der Waals surface area contributed by atoms with E-state index in [0.29, 0.717) is 6.61 Å². The first-order valence-corrected chi connectivity index (χ1v) is 7.41. The number of nitrogens with zero attached hydrogens (tertiary/aromatic N) is 2. The topological polar surface area (TPSA) is 60.6 Å². The van der Waals surface area contributed by atoms with Crippen LogP contribution in [0.25, 0.3) is 0 Å². The fourth-order valence-corrected chi connectivity index (χ4v) is 2.55. The summed E-state index contributed by atoms with van der Waals surface area (Å²) in [5, 5.41) is 0. The van der Waals surface area contributed by atoms with Crippen molar-refractivity contribution in [3.63, 3.8) is 0 Å². The maximum atomic E-state index is 6.35. The van der Waals surface area contributed by atoms with Gasteiger partial charge in [-0.15, -0.1) is 0 Å². The van der Waals surface area contributed by atoms with Crippen molar-refractivity contribution in [2.75, 3.05) is 32.8 Å². The highest BCUT2D eigenvalue weighted by Crippen LogP contribution is 2.22. The Bertz CT molecular complexity index is 412. The molecule has 112 valence electrons. The van der Waals surface area contributed by atoms with E-state index in [1.54, 1.807) is 12.4 Å². The lowest BCUT2D eigenvalue weighted by molar-refractivity contribution is -0.0408. The first kappa shape index (κ1) is 15.2. The van der Waals surface area contributed by atoms with E-state index in [1.165, 1.54) is 0 Å². The Kier molecular flexibility index (Phi) is 5.76. The second-order valence-corrected chi connectivity index (χ2v) is 5.12. The average Bonchev–Trinajstić information content (AvgIpc) is 2.48. The van der Waals surface area contributed by atoms with Crippen LogP contribution in [0.15, 0.2) is 18.5 Å². The predicted octanol–water partition coefficient (Wildman–Crippen LogP) is 1.59. The van der Waals surface area contributed by atoms with Crippen LogP contribution in [0, 0.1) is 0 Å². The summed E-state index contributed by atoms with van der Waals surface area (Å²) in [7, 11) is 0. The molecule has 2 rings (SSSR count). The number of pyridine rings is 1. The minimum Gasteiger partial charge on any atom is -0.492 e. The maximum Gasteiger partial charge on any atom is 0.137 e. The Morgan fingerprint density at radius 3 is 3.10 bits per heavy atom. The van der Waals surface area contributed by atoms with E-state index >= 15 is 0 Å². The van der Waals surface area contributed by atoms with E-state index in [-0.39, 0.29) is 12.1 Å². The zero-order valence-corrected chi connectivity index (χ0v) is 12.4. The summed E-state index contributed by atoms with van der Waals surface area (Å²) in [6, 6.07) is 1.80. The second kappa shape index (κ2) is 7.57. The van der Waals surface area contributed by atoms with Gasteiger partial charge in [-0.25, -0.2) is 0 Å². The molecule has 2 N–H and O–H groups in total. The van der Waals surface area contributed by atoms with Gasteiger partial charge >= 0.3 is 0 Å². The molecule has 0 aromatic carbocycles. The van der Waals surface area contributed by atoms with Crippen LogP contribution in [0.4, 0.5) is 0 Å². The fourth-order valence-electron chi connectivity index (χ4n) is 2.55. The van der Waals surface area contributed by atoms with Gasteiger partial charge in [-0.05, 0) is 31.5 Å². The van der Waals surface area contributed by atoms with Crippen molar-refractivity contribution in [3.8, 4) is 5.75 Å². The molecule has 0 radical (unpaired) electrons. The van der Waals surface area contributed by atoms with Gasteiger partial charge < -0.3 is 15.2 Å². The molecule has 20 heavy (non-hydrogen) atoms. The maximum absolute atomic E-state index is 6.35. The third-order valence-electron chi connectivity index (χ3n) is 3.55. The van der Waals surface area contributed by atoms with Crippen molar-refractivity contribution in [1.82, 2.24) is 9.88 Å². The summed E-state index contributed by atoms with van der Waals surface area (Å²) in [4.78, 5) is 6.61. The Morgan fingerprint density at radius 1 is 1.50 bits per heavy atom. The number of morpholine rings is 1. The number of rotatable bonds is 6. The summed E-state index contributed by atoms with van der Waals surface area (Å²) < 4.78 is 11.3. The lowest BCUT2D eigenvalue weighted by atomic mass is 10.0. The van der Waals surface area contributed by atoms with Gasteiger partial charge in [0.2, 0.25) is 0 Å². The van der Waals surface area contributed by atoms with Crippen LogP contribution >= 0.6 is 0 Å². The third-order valence-corrected chi connectivity index (χ3v) is 3.55. The highest BCUT2D eigenvalue weighted by Gasteiger charge is 2.26. The van der Waals surface area contributed by atoms with Crippen LogP contribution in [-0.4, -0.2) is 48.8 Å². The number of hydrogen-bond donors (Lipinski definition) is 1. The standard InChI is InChI=1S/C15H25N3O2/c1-3-5-18-6-7-20-14(11-18)15(16)12-8-13(19-4-2)10-17-9-12/h8-10,14-15H,3-7,11,16H2,1-2H3. The summed E-state index contributed by atoms with van der Waals surface area (Å²) in [5.74, 6) is 0.765. The van der Waals surface area contributed by atoms with Crippen molar-refractivity contribution >= 4 is 0 Å². The van der Waals surface area contributed by atoms with E-state index in [1.807, 2.05) is 13.0 Å². The Hall–Kier alpha value is -1.17. The van der Waals surface area contributed by atoms with Crippen LogP contribution in [0.2, 0.25) is 0 Å². The van der Waals surface area contributed by atoms with Crippen LogP contribution < -0.4 is 10.5 Å². The van der Waals surface area contributed by atoms with Gasteiger partial charge in [0.1, 0.15) is 5.75 Å². The molecule has 1 saturated heterocycles. The quantitative estimate of drug-likeness (QED) is 0.857. The lowest BCUT2D eigenvalue weighted by Crippen LogP contribution is -2.47. The Labute approximate surface area is 121 Å². The summed E-state index contributed by atoms with van der Waals surface area (Å²) in [6.07, 6.45) is 4.69. The van der Waals surface area contributed by atoms with Crippen molar-refractivity contribution in [2.24, 2.45) is 5.73 Å². The SMILES string of the molecule is CCCN1CCOC(C(N)c2cncc(OCC)c2)C1. The smallest absolute Gasteiger partial charge is 0.137 e. The molecule has 5 nitrogen and oxygen atoms in total. The van der Waals surface area contributed by atoms with Crippen LogP contribution in [-0.2, 0) is 4.74 Å². The first-order chi connectivity index (χ1) is 9.74. The van der Waals surface area contributed by atoms with E-state index in [4.69, 9.17) is 15.2 Å². The second-order valence-electron chi connectivity index (χ2n) is 5.12. The number of ether oxygens (including phenoxy) is 2. The molecule has 1 aliphatic rings. The molecule has 1 aliphatic heterocycles. The van der Waals surface area contributed by atoms with Crippen LogP contribution in [0.5, 0.6) is 5.75 Å². The monoisotopic (exact) mass is 279 g/mol. The first-order valence-electron chi connectivity index (χ1n) is 7.41. The fraction of sp³-hybridized carbons (Fsp3) is 0.667. The average molecular weight is 279 g/mol. The molecular weight excluding hydrogens is 254 g/mol. The van der Waals surface area contributed by atoms with Gasteiger partial charge in [0.25, 0.3) is 0 Å². The van der Waals surface area contributed by atoms with Crippen molar-refractivity contribution in [1.29, 1.82) is 0 Å². The normalized spacial score (nSPS) is 21.6. The van der Waals surface area contributed by atoms with E-state index < -0.39 is 0 Å². The van der Waals surface area contributed by atoms with Crippen molar-refractivity contribution in [3.05, 3.63) is 24.0 Å². The zero-order valence-electron chi connectivity index (χ0n) is 12.4. The van der Waals surface area contributed by atoms with Gasteiger partial charge in [-0.2, -0.15) is 0 Å². The molecule has 0 spiro atoms. The molecule has 5 heteroatoms. The number of aromatic nitrogens is 1. The highest BCUT2D eigenvalue weighted by atomic mass is 16.5. The van der Waals surface area contributed by atoms with Crippen LogP contribution in [0.3, 0.4) is 0 Å². The largest absolute Gasteiger partial charge is 0.492 e. The van der Waals surface area contributed by atoms with Gasteiger partial charge in [0, 0.05) is 19.3 Å². The van der Waals surface area contributed by atoms with E-state index in [9.17, 15) is 0 Å². The van der Waals surface area contributed by atoms with E-state index in [0.717, 1.165) is 44.0 Å². The van der Waals surface area contributed by atoms with Gasteiger partial charge in [0.15, 0.2) is 0 Å². The predicted molar refractivity (Wildman–Crippen MR) is 78.8 cm³/mol. The third kappa shape index (κ3) is 3.91. The van der Waals surface area contributed by atoms with Crippen molar-refractivity contribution in [2.45, 2.75) is 32.4 Å². The molecular formula is C15H25N3O2. The summed E-state index contributed by atoms with van der Waals surface area (Å²) in [5.41, 5.74) is 7.32. The van der Waals surface area contributed by atoms with Gasteiger partial charge in [0.05, 0.1) is 31.6 Å². The molecule has 0 saturated carbocycles. The number of hydrogen-bond acceptors (Lipinski definition) is 5. The molecule has 1 fully saturated rings. The molecule has 2 heterocycles. The highest BCUT2D eigenvalue weighted by molar-refractivity contribution is 5.26. The van der Waals surface area contributed by atoms with E-state index in [2.05, 4.69) is 16.8 Å². The molecule has 0 bridgehead atoms. The molecule has 1 aromatic heterocycles.